The molecular formula is C13H25ClN2O3. The molecule has 1 aliphatic heterocycles. The molecule has 0 radical (unpaired) electrons. The minimum absolute atomic E-state index is 0. The van der Waals surface area contributed by atoms with Gasteiger partial charge in [-0.25, -0.2) is 0 Å². The number of nitrogens with one attached hydrogen (secondary N) is 2. The highest BCUT2D eigenvalue weighted by molar-refractivity contribution is 5.85. The Morgan fingerprint density at radius 2 is 2.16 bits per heavy atom. The van der Waals surface area contributed by atoms with Gasteiger partial charge in [0.25, 0.3) is 0 Å². The Labute approximate surface area is 121 Å². The summed E-state index contributed by atoms with van der Waals surface area (Å²) in [6.45, 7) is 5.76. The first-order valence-corrected chi connectivity index (χ1v) is 6.80. The zero-order chi connectivity index (χ0) is 13.4. The van der Waals surface area contributed by atoms with Gasteiger partial charge in [0.1, 0.15) is 0 Å². The van der Waals surface area contributed by atoms with E-state index in [4.69, 9.17) is 4.74 Å². The van der Waals surface area contributed by atoms with Crippen molar-refractivity contribution in [3.05, 3.63) is 0 Å². The predicted molar refractivity (Wildman–Crippen MR) is 76.3 cm³/mol. The lowest BCUT2D eigenvalue weighted by molar-refractivity contribution is -0.143. The third-order valence-corrected chi connectivity index (χ3v) is 3.16. The SMILES string of the molecule is CCOC(=O)CCCNC(=O)[C@H]1CCN[C@@H](C)C1.Cl. The smallest absolute Gasteiger partial charge is 0.305 e. The molecule has 0 aromatic heterocycles. The molecular weight excluding hydrogens is 268 g/mol. The molecule has 112 valence electrons. The van der Waals surface area contributed by atoms with Crippen molar-refractivity contribution < 1.29 is 14.3 Å². The highest BCUT2D eigenvalue weighted by Crippen LogP contribution is 2.15. The molecule has 0 aliphatic carbocycles. The van der Waals surface area contributed by atoms with Crippen molar-refractivity contribution in [3.63, 3.8) is 0 Å². The molecule has 1 fully saturated rings. The van der Waals surface area contributed by atoms with E-state index in [1.165, 1.54) is 0 Å². The summed E-state index contributed by atoms with van der Waals surface area (Å²) in [7, 11) is 0. The fourth-order valence-electron chi connectivity index (χ4n) is 2.19. The summed E-state index contributed by atoms with van der Waals surface area (Å²) < 4.78 is 4.82. The van der Waals surface area contributed by atoms with Gasteiger partial charge in [-0.05, 0) is 39.7 Å². The second-order valence-electron chi connectivity index (χ2n) is 4.78. The fraction of sp³-hybridized carbons (Fsp3) is 0.846. The van der Waals surface area contributed by atoms with Crippen molar-refractivity contribution in [1.82, 2.24) is 10.6 Å². The van der Waals surface area contributed by atoms with Gasteiger partial charge in [-0.3, -0.25) is 9.59 Å². The van der Waals surface area contributed by atoms with Crippen LogP contribution in [-0.2, 0) is 14.3 Å². The van der Waals surface area contributed by atoms with Gasteiger partial charge in [0.05, 0.1) is 6.61 Å². The molecule has 1 rings (SSSR count). The van der Waals surface area contributed by atoms with E-state index in [1.807, 2.05) is 0 Å². The van der Waals surface area contributed by atoms with Gasteiger partial charge in [-0.1, -0.05) is 0 Å². The van der Waals surface area contributed by atoms with Gasteiger partial charge in [0.2, 0.25) is 5.91 Å². The van der Waals surface area contributed by atoms with Gasteiger partial charge in [-0.2, -0.15) is 0 Å². The number of rotatable bonds is 6. The van der Waals surface area contributed by atoms with Crippen molar-refractivity contribution in [2.24, 2.45) is 5.92 Å². The van der Waals surface area contributed by atoms with E-state index >= 15 is 0 Å². The van der Waals surface area contributed by atoms with Crippen LogP contribution in [0.25, 0.3) is 0 Å². The van der Waals surface area contributed by atoms with Crippen molar-refractivity contribution in [2.75, 3.05) is 19.7 Å². The molecule has 0 aromatic rings. The first-order valence-electron chi connectivity index (χ1n) is 6.80. The van der Waals surface area contributed by atoms with Gasteiger partial charge in [-0.15, -0.1) is 12.4 Å². The van der Waals surface area contributed by atoms with Crippen LogP contribution in [0.1, 0.15) is 39.5 Å². The molecule has 2 N–H and O–H groups in total. The number of carbonyl (C=O) groups excluding carboxylic acids is 2. The largest absolute Gasteiger partial charge is 0.466 e. The number of piperidine rings is 1. The maximum Gasteiger partial charge on any atom is 0.305 e. The Morgan fingerprint density at radius 3 is 2.79 bits per heavy atom. The number of halogens is 1. The number of hydrogen-bond acceptors (Lipinski definition) is 4. The van der Waals surface area contributed by atoms with E-state index in [-0.39, 0.29) is 30.2 Å². The summed E-state index contributed by atoms with van der Waals surface area (Å²) in [6.07, 6.45) is 2.81. The molecule has 5 nitrogen and oxygen atoms in total. The Kier molecular flexibility index (Phi) is 9.61. The fourth-order valence-corrected chi connectivity index (χ4v) is 2.19. The normalized spacial score (nSPS) is 22.2. The summed E-state index contributed by atoms with van der Waals surface area (Å²) >= 11 is 0. The molecule has 2 atom stereocenters. The van der Waals surface area contributed by atoms with Crippen LogP contribution in [0.2, 0.25) is 0 Å². The topological polar surface area (TPSA) is 67.4 Å². The van der Waals surface area contributed by atoms with Gasteiger partial charge >= 0.3 is 5.97 Å². The van der Waals surface area contributed by atoms with E-state index in [2.05, 4.69) is 17.6 Å². The van der Waals surface area contributed by atoms with Crippen LogP contribution in [0.15, 0.2) is 0 Å². The van der Waals surface area contributed by atoms with Crippen LogP contribution in [0.4, 0.5) is 0 Å². The Hall–Kier alpha value is -0.810. The first kappa shape index (κ1) is 18.2. The lowest BCUT2D eigenvalue weighted by Crippen LogP contribution is -2.42. The molecule has 19 heavy (non-hydrogen) atoms. The summed E-state index contributed by atoms with van der Waals surface area (Å²) in [5.41, 5.74) is 0. The zero-order valence-electron chi connectivity index (χ0n) is 11.7. The number of hydrogen-bond donors (Lipinski definition) is 2. The van der Waals surface area contributed by atoms with Crippen LogP contribution < -0.4 is 10.6 Å². The molecule has 1 heterocycles. The van der Waals surface area contributed by atoms with Gasteiger partial charge < -0.3 is 15.4 Å². The van der Waals surface area contributed by atoms with Crippen LogP contribution in [-0.4, -0.2) is 37.6 Å². The molecule has 0 spiro atoms. The van der Waals surface area contributed by atoms with E-state index < -0.39 is 0 Å². The summed E-state index contributed by atoms with van der Waals surface area (Å²) in [5.74, 6) is 0.0401. The Bertz CT molecular complexity index is 287. The number of carbonyl (C=O) groups is 2. The number of esters is 1. The van der Waals surface area contributed by atoms with E-state index in [9.17, 15) is 9.59 Å². The van der Waals surface area contributed by atoms with E-state index in [1.54, 1.807) is 6.92 Å². The lowest BCUT2D eigenvalue weighted by atomic mass is 9.92. The molecule has 0 unspecified atom stereocenters. The maximum atomic E-state index is 11.9. The summed E-state index contributed by atoms with van der Waals surface area (Å²) in [6, 6.07) is 0.411. The highest BCUT2D eigenvalue weighted by atomic mass is 35.5. The summed E-state index contributed by atoms with van der Waals surface area (Å²) in [4.78, 5) is 22.9. The Morgan fingerprint density at radius 1 is 1.42 bits per heavy atom. The monoisotopic (exact) mass is 292 g/mol. The molecule has 6 heteroatoms. The van der Waals surface area contributed by atoms with Crippen molar-refractivity contribution in [1.29, 1.82) is 0 Å². The van der Waals surface area contributed by atoms with Crippen molar-refractivity contribution >= 4 is 24.3 Å². The second-order valence-corrected chi connectivity index (χ2v) is 4.78. The molecule has 1 aliphatic rings. The average Bonchev–Trinajstić information content (AvgIpc) is 2.35. The standard InChI is InChI=1S/C13H24N2O3.ClH/c1-3-18-12(16)5-4-7-15-13(17)11-6-8-14-10(2)9-11;/h10-11,14H,3-9H2,1-2H3,(H,15,17);1H/t10-,11-;/m0./s1. The van der Waals surface area contributed by atoms with Crippen LogP contribution in [0.5, 0.6) is 0 Å². The average molecular weight is 293 g/mol. The number of amides is 1. The first-order chi connectivity index (χ1) is 8.63. The maximum absolute atomic E-state index is 11.9. The van der Waals surface area contributed by atoms with Crippen molar-refractivity contribution in [2.45, 2.75) is 45.6 Å². The third-order valence-electron chi connectivity index (χ3n) is 3.16. The minimum Gasteiger partial charge on any atom is -0.466 e. The Balaban J connectivity index is 0.00000324. The van der Waals surface area contributed by atoms with E-state index in [0.29, 0.717) is 32.0 Å². The lowest BCUT2D eigenvalue weighted by Gasteiger charge is -2.27. The molecule has 1 amide bonds. The van der Waals surface area contributed by atoms with Crippen molar-refractivity contribution in [3.8, 4) is 0 Å². The minimum atomic E-state index is -0.192. The molecule has 0 aromatic carbocycles. The third kappa shape index (κ3) is 7.38. The molecule has 1 saturated heterocycles. The zero-order valence-corrected chi connectivity index (χ0v) is 12.6. The van der Waals surface area contributed by atoms with Crippen LogP contribution >= 0.6 is 12.4 Å². The molecule has 0 saturated carbocycles. The highest BCUT2D eigenvalue weighted by Gasteiger charge is 2.24. The molecule has 0 bridgehead atoms. The van der Waals surface area contributed by atoms with Gasteiger partial charge in [0, 0.05) is 24.9 Å². The second kappa shape index (κ2) is 10.0. The quantitative estimate of drug-likeness (QED) is 0.571. The predicted octanol–water partition coefficient (Wildman–Crippen LogP) is 1.26. The van der Waals surface area contributed by atoms with E-state index in [0.717, 1.165) is 19.4 Å². The van der Waals surface area contributed by atoms with Crippen LogP contribution in [0, 0.1) is 5.92 Å². The number of ether oxygens (including phenoxy) is 1. The van der Waals surface area contributed by atoms with Gasteiger partial charge in [0.15, 0.2) is 0 Å². The van der Waals surface area contributed by atoms with Crippen LogP contribution in [0.3, 0.4) is 0 Å². The summed E-state index contributed by atoms with van der Waals surface area (Å²) in [5, 5.41) is 6.22.